The predicted octanol–water partition coefficient (Wildman–Crippen LogP) is 0.357. The maximum absolute atomic E-state index is 13.7. The van der Waals surface area contributed by atoms with Crippen LogP contribution in [-0.4, -0.2) is 30.7 Å². The van der Waals surface area contributed by atoms with E-state index in [4.69, 9.17) is 0 Å². The lowest BCUT2D eigenvalue weighted by Gasteiger charge is -2.16. The Bertz CT molecular complexity index is 210. The molecule has 2 N–H and O–H groups in total. The van der Waals surface area contributed by atoms with E-state index in [0.29, 0.717) is 25.6 Å². The standard InChI is InChI=1S/C9H15FN2O/c10-9(3-4-11-6-9)5-8(13)12-7-1-2-7/h7,11H,1-6H2,(H,12,13). The third kappa shape index (κ3) is 2.40. The molecule has 3 nitrogen and oxygen atoms in total. The molecule has 0 radical (unpaired) electrons. The molecule has 1 aliphatic carbocycles. The summed E-state index contributed by atoms with van der Waals surface area (Å²) in [5, 5.41) is 5.73. The van der Waals surface area contributed by atoms with Gasteiger partial charge in [-0.3, -0.25) is 4.79 Å². The van der Waals surface area contributed by atoms with Crippen LogP contribution in [0.1, 0.15) is 25.7 Å². The van der Waals surface area contributed by atoms with Crippen molar-refractivity contribution in [2.24, 2.45) is 0 Å². The average Bonchev–Trinajstić information content (AvgIpc) is 2.74. The second-order valence-corrected chi connectivity index (χ2v) is 4.10. The number of hydrogen-bond acceptors (Lipinski definition) is 2. The number of carbonyl (C=O) groups excluding carboxylic acids is 1. The van der Waals surface area contributed by atoms with E-state index in [9.17, 15) is 9.18 Å². The first kappa shape index (κ1) is 8.94. The van der Waals surface area contributed by atoms with Crippen LogP contribution in [0.2, 0.25) is 0 Å². The Morgan fingerprint density at radius 2 is 2.38 bits per heavy atom. The maximum Gasteiger partial charge on any atom is 0.223 e. The lowest BCUT2D eigenvalue weighted by atomic mass is 10.0. The van der Waals surface area contributed by atoms with Gasteiger partial charge in [0.05, 0.1) is 6.42 Å². The Balaban J connectivity index is 1.77. The zero-order chi connectivity index (χ0) is 9.31. The van der Waals surface area contributed by atoms with Crippen molar-refractivity contribution in [3.63, 3.8) is 0 Å². The van der Waals surface area contributed by atoms with E-state index in [1.54, 1.807) is 0 Å². The highest BCUT2D eigenvalue weighted by molar-refractivity contribution is 5.77. The quantitative estimate of drug-likeness (QED) is 0.668. The van der Waals surface area contributed by atoms with E-state index >= 15 is 0 Å². The molecule has 0 bridgehead atoms. The van der Waals surface area contributed by atoms with Crippen LogP contribution < -0.4 is 10.6 Å². The smallest absolute Gasteiger partial charge is 0.223 e. The summed E-state index contributed by atoms with van der Waals surface area (Å²) in [6, 6.07) is 0.338. The molecule has 0 aromatic carbocycles. The first-order valence-electron chi connectivity index (χ1n) is 4.87. The van der Waals surface area contributed by atoms with Crippen LogP contribution in [0.5, 0.6) is 0 Å². The molecule has 1 heterocycles. The SMILES string of the molecule is O=C(CC1(F)CCNC1)NC1CC1. The minimum absolute atomic E-state index is 0.0243. The minimum Gasteiger partial charge on any atom is -0.353 e. The number of nitrogens with one attached hydrogen (secondary N) is 2. The second kappa shape index (κ2) is 3.25. The van der Waals surface area contributed by atoms with Gasteiger partial charge >= 0.3 is 0 Å². The Morgan fingerprint density at radius 3 is 2.92 bits per heavy atom. The number of hydrogen-bond donors (Lipinski definition) is 2. The zero-order valence-corrected chi connectivity index (χ0v) is 7.61. The summed E-state index contributed by atoms with van der Waals surface area (Å²) in [5.74, 6) is -0.131. The molecule has 0 aromatic rings. The molecule has 0 spiro atoms. The highest BCUT2D eigenvalue weighted by Gasteiger charge is 2.37. The third-order valence-corrected chi connectivity index (χ3v) is 2.61. The van der Waals surface area contributed by atoms with Gasteiger partial charge in [0.2, 0.25) is 5.91 Å². The van der Waals surface area contributed by atoms with Gasteiger partial charge in [-0.15, -0.1) is 0 Å². The summed E-state index contributed by atoms with van der Waals surface area (Å²) in [4.78, 5) is 11.3. The van der Waals surface area contributed by atoms with Gasteiger partial charge in [0.1, 0.15) is 5.67 Å². The van der Waals surface area contributed by atoms with Crippen LogP contribution in [0.15, 0.2) is 0 Å². The van der Waals surface area contributed by atoms with Gasteiger partial charge in [-0.2, -0.15) is 0 Å². The Hall–Kier alpha value is -0.640. The third-order valence-electron chi connectivity index (χ3n) is 2.61. The summed E-state index contributed by atoms with van der Waals surface area (Å²) < 4.78 is 13.7. The maximum atomic E-state index is 13.7. The molecule has 1 saturated carbocycles. The highest BCUT2D eigenvalue weighted by atomic mass is 19.1. The summed E-state index contributed by atoms with van der Waals surface area (Å²) >= 11 is 0. The molecule has 2 aliphatic rings. The van der Waals surface area contributed by atoms with E-state index in [1.165, 1.54) is 0 Å². The predicted molar refractivity (Wildman–Crippen MR) is 47.1 cm³/mol. The van der Waals surface area contributed by atoms with Crippen molar-refractivity contribution in [2.45, 2.75) is 37.4 Å². The van der Waals surface area contributed by atoms with Crippen molar-refractivity contribution >= 4 is 5.91 Å². The fourth-order valence-corrected chi connectivity index (χ4v) is 1.66. The van der Waals surface area contributed by atoms with Crippen LogP contribution in [0.25, 0.3) is 0 Å². The molecule has 1 aliphatic heterocycles. The molecule has 74 valence electrons. The van der Waals surface area contributed by atoms with Crippen LogP contribution in [0, 0.1) is 0 Å². The highest BCUT2D eigenvalue weighted by Crippen LogP contribution is 2.25. The van der Waals surface area contributed by atoms with Crippen LogP contribution in [-0.2, 0) is 4.79 Å². The number of alkyl halides is 1. The topological polar surface area (TPSA) is 41.1 Å². The van der Waals surface area contributed by atoms with Crippen molar-refractivity contribution in [1.29, 1.82) is 0 Å². The van der Waals surface area contributed by atoms with Gasteiger partial charge in [0, 0.05) is 12.6 Å². The molecule has 1 saturated heterocycles. The van der Waals surface area contributed by atoms with Crippen LogP contribution in [0.4, 0.5) is 4.39 Å². The number of amides is 1. The molecular formula is C9H15FN2O. The van der Waals surface area contributed by atoms with Gasteiger partial charge in [0.25, 0.3) is 0 Å². The Kier molecular flexibility index (Phi) is 2.24. The summed E-state index contributed by atoms with van der Waals surface area (Å²) in [6.07, 6.45) is 2.61. The first-order valence-corrected chi connectivity index (χ1v) is 4.87. The van der Waals surface area contributed by atoms with Crippen molar-refractivity contribution in [2.75, 3.05) is 13.1 Å². The summed E-state index contributed by atoms with van der Waals surface area (Å²) in [5.41, 5.74) is -1.29. The van der Waals surface area contributed by atoms with Gasteiger partial charge in [-0.1, -0.05) is 0 Å². The molecule has 4 heteroatoms. The summed E-state index contributed by atoms with van der Waals surface area (Å²) in [7, 11) is 0. The van der Waals surface area contributed by atoms with Gasteiger partial charge in [-0.25, -0.2) is 4.39 Å². The molecule has 13 heavy (non-hydrogen) atoms. The molecular weight excluding hydrogens is 171 g/mol. The molecule has 1 unspecified atom stereocenters. The van der Waals surface area contributed by atoms with Crippen LogP contribution >= 0.6 is 0 Å². The summed E-state index contributed by atoms with van der Waals surface area (Å²) in [6.45, 7) is 1.01. The van der Waals surface area contributed by atoms with E-state index < -0.39 is 5.67 Å². The van der Waals surface area contributed by atoms with Crippen molar-refractivity contribution in [3.8, 4) is 0 Å². The molecule has 2 rings (SSSR count). The molecule has 2 fully saturated rings. The lowest BCUT2D eigenvalue weighted by Crippen LogP contribution is -2.36. The number of halogens is 1. The van der Waals surface area contributed by atoms with Crippen molar-refractivity contribution in [1.82, 2.24) is 10.6 Å². The largest absolute Gasteiger partial charge is 0.353 e. The van der Waals surface area contributed by atoms with E-state index in [0.717, 1.165) is 12.8 Å². The fraction of sp³-hybridized carbons (Fsp3) is 0.889. The lowest BCUT2D eigenvalue weighted by molar-refractivity contribution is -0.123. The van der Waals surface area contributed by atoms with Gasteiger partial charge in [-0.05, 0) is 25.8 Å². The zero-order valence-electron chi connectivity index (χ0n) is 7.61. The van der Waals surface area contributed by atoms with E-state index in [1.807, 2.05) is 0 Å². The van der Waals surface area contributed by atoms with Crippen molar-refractivity contribution in [3.05, 3.63) is 0 Å². The Morgan fingerprint density at radius 1 is 1.62 bits per heavy atom. The first-order chi connectivity index (χ1) is 6.18. The van der Waals surface area contributed by atoms with Crippen molar-refractivity contribution < 1.29 is 9.18 Å². The van der Waals surface area contributed by atoms with E-state index in [2.05, 4.69) is 10.6 Å². The van der Waals surface area contributed by atoms with Crippen LogP contribution in [0.3, 0.4) is 0 Å². The average molecular weight is 186 g/mol. The molecule has 0 aromatic heterocycles. The Labute approximate surface area is 77.1 Å². The molecule has 1 atom stereocenters. The second-order valence-electron chi connectivity index (χ2n) is 4.10. The van der Waals surface area contributed by atoms with E-state index in [-0.39, 0.29) is 12.3 Å². The van der Waals surface area contributed by atoms with Gasteiger partial charge in [0.15, 0.2) is 0 Å². The molecule has 1 amide bonds. The minimum atomic E-state index is -1.29. The van der Waals surface area contributed by atoms with Gasteiger partial charge < -0.3 is 10.6 Å². The number of carbonyl (C=O) groups is 1. The normalized spacial score (nSPS) is 33.3. The fourth-order valence-electron chi connectivity index (χ4n) is 1.66. The monoisotopic (exact) mass is 186 g/mol. The number of rotatable bonds is 3.